The van der Waals surface area contributed by atoms with Crippen molar-refractivity contribution in [2.75, 3.05) is 0 Å². The Morgan fingerprint density at radius 2 is 1.92 bits per heavy atom. The largest absolute Gasteiger partial charge is 0.328 e. The predicted molar refractivity (Wildman–Crippen MR) is 52.8 cm³/mol. The fourth-order valence-corrected chi connectivity index (χ4v) is 1.78. The molecule has 1 aromatic heterocycles. The van der Waals surface area contributed by atoms with Gasteiger partial charge in [-0.3, -0.25) is 0 Å². The van der Waals surface area contributed by atoms with Gasteiger partial charge in [-0.15, -0.1) is 17.5 Å². The number of hydrogen-bond acceptors (Lipinski definition) is 3. The van der Waals surface area contributed by atoms with Crippen molar-refractivity contribution in [3.8, 4) is 0 Å². The van der Waals surface area contributed by atoms with Gasteiger partial charge in [-0.2, -0.15) is 0 Å². The predicted octanol–water partition coefficient (Wildman–Crippen LogP) is 1.14. The summed E-state index contributed by atoms with van der Waals surface area (Å²) in [5, 5.41) is 7.79. The van der Waals surface area contributed by atoms with Crippen molar-refractivity contribution < 1.29 is 0 Å². The van der Waals surface area contributed by atoms with E-state index in [1.807, 2.05) is 10.9 Å². The van der Waals surface area contributed by atoms with Gasteiger partial charge in [0.1, 0.15) is 0 Å². The van der Waals surface area contributed by atoms with Crippen LogP contribution in [-0.4, -0.2) is 21.0 Å². The molecule has 0 aliphatic heterocycles. The van der Waals surface area contributed by atoms with Gasteiger partial charge >= 0.3 is 0 Å². The van der Waals surface area contributed by atoms with Crippen molar-refractivity contribution in [1.29, 1.82) is 0 Å². The second-order valence-corrected chi connectivity index (χ2v) is 3.45. The summed E-state index contributed by atoms with van der Waals surface area (Å²) < 4.78 is 1.95. The Morgan fingerprint density at radius 3 is 2.46 bits per heavy atom. The Balaban J connectivity index is 0.000000845. The van der Waals surface area contributed by atoms with Crippen molar-refractivity contribution in [3.05, 3.63) is 12.4 Å². The molecule has 5 heteroatoms. The van der Waals surface area contributed by atoms with E-state index in [2.05, 4.69) is 10.3 Å². The van der Waals surface area contributed by atoms with Crippen molar-refractivity contribution in [3.63, 3.8) is 0 Å². The van der Waals surface area contributed by atoms with E-state index in [4.69, 9.17) is 5.73 Å². The number of nitrogens with two attached hydrogens (primary N) is 1. The van der Waals surface area contributed by atoms with Crippen LogP contribution in [-0.2, 0) is 0 Å². The zero-order chi connectivity index (χ0) is 8.39. The Bertz CT molecular complexity index is 228. The van der Waals surface area contributed by atoms with Gasteiger partial charge in [0.2, 0.25) is 0 Å². The SMILES string of the molecule is Cl.NC1CCC(n2ccnn2)CC1. The number of aromatic nitrogens is 3. The first-order valence-electron chi connectivity index (χ1n) is 4.47. The molecule has 0 bridgehead atoms. The lowest BCUT2D eigenvalue weighted by Gasteiger charge is -2.25. The van der Waals surface area contributed by atoms with Crippen molar-refractivity contribution >= 4 is 12.4 Å². The van der Waals surface area contributed by atoms with Crippen LogP contribution in [0.25, 0.3) is 0 Å². The first-order valence-corrected chi connectivity index (χ1v) is 4.47. The first-order chi connectivity index (χ1) is 5.86. The third-order valence-corrected chi connectivity index (χ3v) is 2.56. The maximum atomic E-state index is 5.81. The minimum Gasteiger partial charge on any atom is -0.328 e. The van der Waals surface area contributed by atoms with Gasteiger partial charge in [0.05, 0.1) is 12.2 Å². The molecule has 1 aromatic rings. The van der Waals surface area contributed by atoms with Crippen LogP contribution in [0, 0.1) is 0 Å². The molecule has 4 nitrogen and oxygen atoms in total. The maximum Gasteiger partial charge on any atom is 0.0693 e. The van der Waals surface area contributed by atoms with Crippen molar-refractivity contribution in [2.45, 2.75) is 37.8 Å². The number of rotatable bonds is 1. The molecule has 74 valence electrons. The number of hydrogen-bond donors (Lipinski definition) is 1. The molecule has 0 unspecified atom stereocenters. The molecule has 1 aliphatic rings. The molecule has 1 aliphatic carbocycles. The van der Waals surface area contributed by atoms with E-state index in [9.17, 15) is 0 Å². The van der Waals surface area contributed by atoms with Crippen LogP contribution in [0.3, 0.4) is 0 Å². The Kier molecular flexibility index (Phi) is 3.69. The summed E-state index contributed by atoms with van der Waals surface area (Å²) in [5.41, 5.74) is 5.81. The van der Waals surface area contributed by atoms with Crippen LogP contribution in [0.15, 0.2) is 12.4 Å². The second kappa shape index (κ2) is 4.58. The highest BCUT2D eigenvalue weighted by Gasteiger charge is 2.19. The van der Waals surface area contributed by atoms with Crippen molar-refractivity contribution in [1.82, 2.24) is 15.0 Å². The van der Waals surface area contributed by atoms with Crippen LogP contribution in [0.5, 0.6) is 0 Å². The fourth-order valence-electron chi connectivity index (χ4n) is 1.78. The minimum absolute atomic E-state index is 0. The van der Waals surface area contributed by atoms with E-state index in [0.29, 0.717) is 12.1 Å². The standard InChI is InChI=1S/C8H14N4.ClH/c9-7-1-3-8(4-2-7)12-6-5-10-11-12;/h5-8H,1-4,9H2;1H. The smallest absolute Gasteiger partial charge is 0.0693 e. The molecule has 1 saturated carbocycles. The van der Waals surface area contributed by atoms with Gasteiger partial charge < -0.3 is 5.73 Å². The van der Waals surface area contributed by atoms with Gasteiger partial charge in [0.25, 0.3) is 0 Å². The van der Waals surface area contributed by atoms with Gasteiger partial charge in [0, 0.05) is 12.2 Å². The minimum atomic E-state index is 0. The number of nitrogens with zero attached hydrogens (tertiary/aromatic N) is 3. The fraction of sp³-hybridized carbons (Fsp3) is 0.750. The molecule has 0 radical (unpaired) electrons. The van der Waals surface area contributed by atoms with Crippen LogP contribution >= 0.6 is 12.4 Å². The van der Waals surface area contributed by atoms with Gasteiger partial charge in [-0.05, 0) is 25.7 Å². The summed E-state index contributed by atoms with van der Waals surface area (Å²) >= 11 is 0. The van der Waals surface area contributed by atoms with Gasteiger partial charge in [0.15, 0.2) is 0 Å². The second-order valence-electron chi connectivity index (χ2n) is 3.45. The van der Waals surface area contributed by atoms with Crippen LogP contribution < -0.4 is 5.73 Å². The Hall–Kier alpha value is -0.610. The Labute approximate surface area is 83.9 Å². The lowest BCUT2D eigenvalue weighted by molar-refractivity contribution is 0.300. The van der Waals surface area contributed by atoms with E-state index in [1.165, 1.54) is 0 Å². The molecule has 0 saturated heterocycles. The summed E-state index contributed by atoms with van der Waals surface area (Å²) in [6, 6.07) is 0.942. The molecular formula is C8H15ClN4. The molecule has 13 heavy (non-hydrogen) atoms. The van der Waals surface area contributed by atoms with Gasteiger partial charge in [-0.1, -0.05) is 5.21 Å². The van der Waals surface area contributed by atoms with E-state index in [0.717, 1.165) is 25.7 Å². The monoisotopic (exact) mass is 202 g/mol. The third kappa shape index (κ3) is 2.42. The highest BCUT2D eigenvalue weighted by molar-refractivity contribution is 5.85. The average molecular weight is 203 g/mol. The summed E-state index contributed by atoms with van der Waals surface area (Å²) in [5.74, 6) is 0. The van der Waals surface area contributed by atoms with Crippen LogP contribution in [0.1, 0.15) is 31.7 Å². The van der Waals surface area contributed by atoms with E-state index in [1.54, 1.807) is 6.20 Å². The topological polar surface area (TPSA) is 56.7 Å². The molecule has 0 aromatic carbocycles. The van der Waals surface area contributed by atoms with Crippen LogP contribution in [0.4, 0.5) is 0 Å². The van der Waals surface area contributed by atoms with E-state index >= 15 is 0 Å². The molecule has 0 atom stereocenters. The highest BCUT2D eigenvalue weighted by atomic mass is 35.5. The average Bonchev–Trinajstić information content (AvgIpc) is 2.58. The summed E-state index contributed by atoms with van der Waals surface area (Å²) in [4.78, 5) is 0. The van der Waals surface area contributed by atoms with E-state index < -0.39 is 0 Å². The number of halogens is 1. The summed E-state index contributed by atoms with van der Waals surface area (Å²) in [6.07, 6.45) is 8.18. The van der Waals surface area contributed by atoms with E-state index in [-0.39, 0.29) is 12.4 Å². The third-order valence-electron chi connectivity index (χ3n) is 2.56. The lowest BCUT2D eigenvalue weighted by Crippen LogP contribution is -2.28. The molecule has 1 heterocycles. The Morgan fingerprint density at radius 1 is 1.23 bits per heavy atom. The zero-order valence-electron chi connectivity index (χ0n) is 7.47. The molecule has 1 fully saturated rings. The molecular weight excluding hydrogens is 188 g/mol. The maximum absolute atomic E-state index is 5.81. The molecule has 0 spiro atoms. The quantitative estimate of drug-likeness (QED) is 0.743. The van der Waals surface area contributed by atoms with Gasteiger partial charge in [-0.25, -0.2) is 4.68 Å². The van der Waals surface area contributed by atoms with Crippen LogP contribution in [0.2, 0.25) is 0 Å². The highest BCUT2D eigenvalue weighted by Crippen LogP contribution is 2.26. The molecule has 2 N–H and O–H groups in total. The summed E-state index contributed by atoms with van der Waals surface area (Å²) in [7, 11) is 0. The van der Waals surface area contributed by atoms with Crippen molar-refractivity contribution in [2.24, 2.45) is 5.73 Å². The molecule has 2 rings (SSSR count). The normalized spacial score (nSPS) is 28.1. The zero-order valence-corrected chi connectivity index (χ0v) is 8.28. The first kappa shape index (κ1) is 10.5. The molecule has 0 amide bonds. The summed E-state index contributed by atoms with van der Waals surface area (Å²) in [6.45, 7) is 0. The lowest BCUT2D eigenvalue weighted by atomic mass is 9.92.